The highest BCUT2D eigenvalue weighted by molar-refractivity contribution is 6.04. The number of pyridine rings is 1. The Hall–Kier alpha value is -3.55. The molecular formula is C20H12F3NO4. The highest BCUT2D eigenvalue weighted by Crippen LogP contribution is 2.37. The Bertz CT molecular complexity index is 1230. The highest BCUT2D eigenvalue weighted by atomic mass is 19.4. The van der Waals surface area contributed by atoms with Crippen molar-refractivity contribution in [3.05, 3.63) is 59.7 Å². The molecule has 0 aliphatic rings. The molecular weight excluding hydrogens is 375 g/mol. The lowest BCUT2D eigenvalue weighted by atomic mass is 10.0. The number of furan rings is 1. The van der Waals surface area contributed by atoms with Crippen LogP contribution in [0.25, 0.3) is 33.3 Å². The Morgan fingerprint density at radius 1 is 1.14 bits per heavy atom. The minimum atomic E-state index is -4.68. The lowest BCUT2D eigenvalue weighted by Crippen LogP contribution is -2.09. The minimum Gasteiger partial charge on any atom is -0.497 e. The summed E-state index contributed by atoms with van der Waals surface area (Å²) in [6.45, 7) is 0. The Morgan fingerprint density at radius 3 is 2.61 bits per heavy atom. The van der Waals surface area contributed by atoms with Gasteiger partial charge < -0.3 is 14.3 Å². The van der Waals surface area contributed by atoms with Crippen molar-refractivity contribution < 1.29 is 32.2 Å². The zero-order chi connectivity index (χ0) is 20.1. The molecule has 0 saturated carbocycles. The van der Waals surface area contributed by atoms with Gasteiger partial charge in [0.25, 0.3) is 0 Å². The number of ether oxygens (including phenoxy) is 1. The third-order valence-corrected chi connectivity index (χ3v) is 4.36. The van der Waals surface area contributed by atoms with Gasteiger partial charge >= 0.3 is 12.1 Å². The van der Waals surface area contributed by atoms with E-state index in [1.54, 1.807) is 24.3 Å². The van der Waals surface area contributed by atoms with Gasteiger partial charge in [-0.1, -0.05) is 12.1 Å². The van der Waals surface area contributed by atoms with Crippen molar-refractivity contribution in [3.8, 4) is 17.2 Å². The number of hydrogen-bond acceptors (Lipinski definition) is 4. The Morgan fingerprint density at radius 2 is 1.93 bits per heavy atom. The fraction of sp³-hybridized carbons (Fsp3) is 0.100. The summed E-state index contributed by atoms with van der Waals surface area (Å²) in [5.74, 6) is -0.652. The maximum atomic E-state index is 13.4. The predicted molar refractivity (Wildman–Crippen MR) is 95.5 cm³/mol. The number of alkyl halides is 3. The van der Waals surface area contributed by atoms with Crippen LogP contribution in [0.1, 0.15) is 15.9 Å². The van der Waals surface area contributed by atoms with E-state index in [0.717, 1.165) is 12.1 Å². The van der Waals surface area contributed by atoms with Crippen LogP contribution in [0.3, 0.4) is 0 Å². The second-order valence-electron chi connectivity index (χ2n) is 6.07. The van der Waals surface area contributed by atoms with Crippen LogP contribution < -0.4 is 4.74 Å². The van der Waals surface area contributed by atoms with Crippen LogP contribution >= 0.6 is 0 Å². The number of halogens is 3. The third-order valence-electron chi connectivity index (χ3n) is 4.36. The number of fused-ring (bicyclic) bond motifs is 2. The molecule has 2 aromatic heterocycles. The molecule has 1 N–H and O–H groups in total. The smallest absolute Gasteiger partial charge is 0.418 e. The molecule has 0 fully saturated rings. The molecule has 0 bridgehead atoms. The fourth-order valence-electron chi connectivity index (χ4n) is 3.05. The zero-order valence-electron chi connectivity index (χ0n) is 14.4. The summed E-state index contributed by atoms with van der Waals surface area (Å²) in [5, 5.41) is 10.1. The van der Waals surface area contributed by atoms with Crippen molar-refractivity contribution in [2.45, 2.75) is 6.18 Å². The summed E-state index contributed by atoms with van der Waals surface area (Å²) >= 11 is 0. The Kier molecular flexibility index (Phi) is 3.99. The zero-order valence-corrected chi connectivity index (χ0v) is 14.4. The SMILES string of the molecule is COc1ccc2cc(-c3cc(C(=O)O)c4cccc(C(F)(F)F)c4n3)oc2c1. The van der Waals surface area contributed by atoms with Crippen molar-refractivity contribution in [3.63, 3.8) is 0 Å². The van der Waals surface area contributed by atoms with Crippen LogP contribution in [0.4, 0.5) is 13.2 Å². The van der Waals surface area contributed by atoms with Crippen molar-refractivity contribution in [1.82, 2.24) is 4.98 Å². The second kappa shape index (κ2) is 6.26. The topological polar surface area (TPSA) is 72.6 Å². The maximum absolute atomic E-state index is 13.4. The van der Waals surface area contributed by atoms with Crippen LogP contribution in [0, 0.1) is 0 Å². The van der Waals surface area contributed by atoms with E-state index in [1.165, 1.54) is 19.2 Å². The molecule has 4 aromatic rings. The lowest BCUT2D eigenvalue weighted by molar-refractivity contribution is -0.136. The number of methoxy groups -OCH3 is 1. The molecule has 0 atom stereocenters. The van der Waals surface area contributed by atoms with Gasteiger partial charge in [0.15, 0.2) is 5.76 Å². The number of benzene rings is 2. The number of rotatable bonds is 3. The predicted octanol–water partition coefficient (Wildman–Crippen LogP) is 5.37. The first kappa shape index (κ1) is 17.8. The largest absolute Gasteiger partial charge is 0.497 e. The molecule has 0 spiro atoms. The number of carbonyl (C=O) groups is 1. The van der Waals surface area contributed by atoms with Crippen LogP contribution in [0.15, 0.2) is 52.9 Å². The number of hydrogen-bond donors (Lipinski definition) is 1. The first-order valence-corrected chi connectivity index (χ1v) is 8.10. The standard InChI is InChI=1S/C20H12F3NO4/c1-27-11-6-5-10-7-17(28-16(10)8-11)15-9-13(19(25)26)12-3-2-4-14(18(12)24-15)20(21,22)23/h2-9H,1H3,(H,25,26). The first-order chi connectivity index (χ1) is 13.3. The van der Waals surface area contributed by atoms with Gasteiger partial charge in [0.05, 0.1) is 23.8 Å². The van der Waals surface area contributed by atoms with Crippen LogP contribution in [0.2, 0.25) is 0 Å². The van der Waals surface area contributed by atoms with Crippen molar-refractivity contribution in [2.24, 2.45) is 0 Å². The monoisotopic (exact) mass is 387 g/mol. The summed E-state index contributed by atoms with van der Waals surface area (Å²) in [6, 6.07) is 11.2. The Balaban J connectivity index is 2.00. The van der Waals surface area contributed by atoms with E-state index in [-0.39, 0.29) is 22.4 Å². The molecule has 0 aliphatic heterocycles. The van der Waals surface area contributed by atoms with Gasteiger partial charge in [-0.3, -0.25) is 0 Å². The van der Waals surface area contributed by atoms with E-state index >= 15 is 0 Å². The first-order valence-electron chi connectivity index (χ1n) is 8.10. The molecule has 142 valence electrons. The average Bonchev–Trinajstić information content (AvgIpc) is 3.08. The fourth-order valence-corrected chi connectivity index (χ4v) is 3.05. The van der Waals surface area contributed by atoms with Crippen LogP contribution in [-0.2, 0) is 6.18 Å². The van der Waals surface area contributed by atoms with Crippen molar-refractivity contribution in [1.29, 1.82) is 0 Å². The highest BCUT2D eigenvalue weighted by Gasteiger charge is 2.34. The van der Waals surface area contributed by atoms with Gasteiger partial charge in [-0.25, -0.2) is 9.78 Å². The normalized spacial score (nSPS) is 11.9. The van der Waals surface area contributed by atoms with Crippen LogP contribution in [0.5, 0.6) is 5.75 Å². The molecule has 4 rings (SSSR count). The van der Waals surface area contributed by atoms with Gasteiger partial charge in [0.1, 0.15) is 17.0 Å². The second-order valence-corrected chi connectivity index (χ2v) is 6.07. The lowest BCUT2D eigenvalue weighted by Gasteiger charge is -2.12. The molecule has 0 saturated heterocycles. The van der Waals surface area contributed by atoms with Gasteiger partial charge in [-0.2, -0.15) is 13.2 Å². The molecule has 0 unspecified atom stereocenters. The molecule has 0 aliphatic carbocycles. The van der Waals surface area contributed by atoms with E-state index < -0.39 is 23.2 Å². The number of aromatic carboxylic acids is 1. The van der Waals surface area contributed by atoms with Gasteiger partial charge in [-0.15, -0.1) is 0 Å². The number of carboxylic acids is 1. The van der Waals surface area contributed by atoms with Gasteiger partial charge in [-0.05, 0) is 30.3 Å². The number of nitrogens with zero attached hydrogens (tertiary/aromatic N) is 1. The molecule has 5 nitrogen and oxygen atoms in total. The Labute approximate surface area is 156 Å². The average molecular weight is 387 g/mol. The summed E-state index contributed by atoms with van der Waals surface area (Å²) in [4.78, 5) is 15.7. The summed E-state index contributed by atoms with van der Waals surface area (Å²) in [5.41, 5.74) is -1.30. The van der Waals surface area contributed by atoms with E-state index in [2.05, 4.69) is 4.98 Å². The van der Waals surface area contributed by atoms with Crippen molar-refractivity contribution >= 4 is 27.8 Å². The maximum Gasteiger partial charge on any atom is 0.418 e. The third kappa shape index (κ3) is 2.92. The molecule has 28 heavy (non-hydrogen) atoms. The summed E-state index contributed by atoms with van der Waals surface area (Å²) < 4.78 is 51.0. The number of carboxylic acid groups (broad SMARTS) is 1. The van der Waals surface area contributed by atoms with E-state index in [9.17, 15) is 23.1 Å². The minimum absolute atomic E-state index is 0.00299. The molecule has 2 heterocycles. The summed E-state index contributed by atoms with van der Waals surface area (Å²) in [6.07, 6.45) is -4.68. The number of para-hydroxylation sites is 1. The number of aromatic nitrogens is 1. The van der Waals surface area contributed by atoms with Gasteiger partial charge in [0.2, 0.25) is 0 Å². The van der Waals surface area contributed by atoms with Gasteiger partial charge in [0, 0.05) is 16.8 Å². The van der Waals surface area contributed by atoms with Crippen LogP contribution in [-0.4, -0.2) is 23.2 Å². The summed E-state index contributed by atoms with van der Waals surface area (Å²) in [7, 11) is 1.49. The molecule has 2 aromatic carbocycles. The quantitative estimate of drug-likeness (QED) is 0.511. The molecule has 0 radical (unpaired) electrons. The van der Waals surface area contributed by atoms with E-state index in [4.69, 9.17) is 9.15 Å². The van der Waals surface area contributed by atoms with E-state index in [1.807, 2.05) is 0 Å². The van der Waals surface area contributed by atoms with E-state index in [0.29, 0.717) is 16.7 Å². The molecule has 8 heteroatoms. The molecule has 0 amide bonds. The van der Waals surface area contributed by atoms with Crippen molar-refractivity contribution in [2.75, 3.05) is 7.11 Å².